The molecule has 2 aliphatic heterocycles. The smallest absolute Gasteiger partial charge is 0.229 e. The quantitative estimate of drug-likeness (QED) is 0.154. The largest absolute Gasteiger partial charge is 0.507 e. The first-order valence-electron chi connectivity index (χ1n) is 12.7. The van der Waals surface area contributed by atoms with Crippen LogP contribution in [0, 0.1) is 0 Å². The molecule has 2 aliphatic rings. The van der Waals surface area contributed by atoms with E-state index in [0.717, 1.165) is 6.07 Å². The van der Waals surface area contributed by atoms with Crippen LogP contribution in [-0.4, -0.2) is 115 Å². The first-order chi connectivity index (χ1) is 19.6. The lowest BCUT2D eigenvalue weighted by Gasteiger charge is -2.42. The van der Waals surface area contributed by atoms with Crippen molar-refractivity contribution in [2.24, 2.45) is 0 Å². The van der Waals surface area contributed by atoms with E-state index in [1.54, 1.807) is 30.3 Å². The molecule has 2 saturated heterocycles. The topological polar surface area (TPSA) is 229 Å². The lowest BCUT2D eigenvalue weighted by atomic mass is 9.98. The zero-order valence-electron chi connectivity index (χ0n) is 21.3. The van der Waals surface area contributed by atoms with Crippen LogP contribution in [0.25, 0.3) is 22.3 Å². The van der Waals surface area contributed by atoms with Gasteiger partial charge >= 0.3 is 0 Å². The molecule has 2 fully saturated rings. The maximum absolute atomic E-state index is 12.7. The number of aliphatic hydroxyl groups excluding tert-OH is 7. The van der Waals surface area contributed by atoms with Crippen LogP contribution >= 0.6 is 0 Å². The molecule has 222 valence electrons. The average molecular weight is 579 g/mol. The molecule has 2 aromatic carbocycles. The standard InChI is InChI=1S/C27H30O14/c28-9-17-20(31)22(33)24(35)26(40-17)37-10-18-21(32)23(34)25(36)27(41-18)38-12-6-13(29)19-14(30)8-15(39-16(19)7-12)11-4-2-1-3-5-11/h1-8,17-18,20-29,31-36H,9-10H2/t17?,18?,20-,21-,22+,23+,24?,25?,26-,27-/m1/s1. The predicted octanol–water partition coefficient (Wildman–Crippen LogP) is -1.83. The Balaban J connectivity index is 1.34. The zero-order chi connectivity index (χ0) is 29.4. The molecule has 0 spiro atoms. The molecule has 3 aromatic rings. The Labute approximate surface area is 231 Å². The minimum absolute atomic E-state index is 0.0280. The zero-order valence-corrected chi connectivity index (χ0v) is 21.3. The van der Waals surface area contributed by atoms with Crippen LogP contribution in [0.1, 0.15) is 0 Å². The van der Waals surface area contributed by atoms with E-state index in [9.17, 15) is 45.6 Å². The van der Waals surface area contributed by atoms with Gasteiger partial charge in [-0.05, 0) is 0 Å². The van der Waals surface area contributed by atoms with Gasteiger partial charge in [0.05, 0.1) is 13.2 Å². The van der Waals surface area contributed by atoms with Gasteiger partial charge in [0.1, 0.15) is 77.1 Å². The van der Waals surface area contributed by atoms with Crippen molar-refractivity contribution < 1.29 is 64.2 Å². The van der Waals surface area contributed by atoms with Crippen molar-refractivity contribution in [1.29, 1.82) is 0 Å². The Kier molecular flexibility index (Phi) is 8.58. The van der Waals surface area contributed by atoms with Crippen LogP contribution in [0.4, 0.5) is 0 Å². The van der Waals surface area contributed by atoms with Gasteiger partial charge in [0.25, 0.3) is 0 Å². The first kappa shape index (κ1) is 29.3. The number of ether oxygens (including phenoxy) is 4. The average Bonchev–Trinajstić information content (AvgIpc) is 2.96. The number of aliphatic hydroxyl groups is 7. The molecule has 0 bridgehead atoms. The molecular weight excluding hydrogens is 548 g/mol. The Morgan fingerprint density at radius 3 is 2.07 bits per heavy atom. The van der Waals surface area contributed by atoms with E-state index in [0.29, 0.717) is 5.56 Å². The monoisotopic (exact) mass is 578 g/mol. The number of hydrogen-bond donors (Lipinski definition) is 8. The molecule has 41 heavy (non-hydrogen) atoms. The molecule has 10 atom stereocenters. The van der Waals surface area contributed by atoms with Crippen molar-refractivity contribution in [2.45, 2.75) is 61.4 Å². The van der Waals surface area contributed by atoms with Crippen molar-refractivity contribution in [3.05, 3.63) is 58.8 Å². The molecule has 1 aromatic heterocycles. The molecule has 14 nitrogen and oxygen atoms in total. The van der Waals surface area contributed by atoms with Crippen LogP contribution in [0.15, 0.2) is 57.7 Å². The van der Waals surface area contributed by atoms with Crippen LogP contribution in [-0.2, 0) is 14.2 Å². The summed E-state index contributed by atoms with van der Waals surface area (Å²) < 4.78 is 27.8. The lowest BCUT2D eigenvalue weighted by molar-refractivity contribution is -0.323. The molecular formula is C27H30O14. The fourth-order valence-electron chi connectivity index (χ4n) is 4.74. The summed E-state index contributed by atoms with van der Waals surface area (Å²) in [6.45, 7) is -1.23. The van der Waals surface area contributed by atoms with Gasteiger partial charge in [0.2, 0.25) is 6.29 Å². The highest BCUT2D eigenvalue weighted by atomic mass is 16.7. The number of rotatable bonds is 7. The number of hydrogen-bond acceptors (Lipinski definition) is 14. The van der Waals surface area contributed by atoms with E-state index in [1.807, 2.05) is 0 Å². The van der Waals surface area contributed by atoms with Crippen molar-refractivity contribution in [3.8, 4) is 22.8 Å². The predicted molar refractivity (Wildman–Crippen MR) is 137 cm³/mol. The van der Waals surface area contributed by atoms with E-state index in [2.05, 4.69) is 0 Å². The second-order valence-corrected chi connectivity index (χ2v) is 9.82. The van der Waals surface area contributed by atoms with E-state index in [1.165, 1.54) is 12.1 Å². The highest BCUT2D eigenvalue weighted by Crippen LogP contribution is 2.33. The number of phenols is 1. The van der Waals surface area contributed by atoms with E-state index in [-0.39, 0.29) is 22.5 Å². The number of fused-ring (bicyclic) bond motifs is 1. The summed E-state index contributed by atoms with van der Waals surface area (Å²) in [6.07, 6.45) is -16.0. The fraction of sp³-hybridized carbons (Fsp3) is 0.444. The molecule has 0 radical (unpaired) electrons. The molecule has 14 heteroatoms. The Morgan fingerprint density at radius 2 is 1.39 bits per heavy atom. The summed E-state index contributed by atoms with van der Waals surface area (Å²) in [5, 5.41) is 81.2. The third-order valence-corrected chi connectivity index (χ3v) is 7.04. The van der Waals surface area contributed by atoms with Gasteiger partial charge in [-0.15, -0.1) is 0 Å². The van der Waals surface area contributed by atoms with Gasteiger partial charge in [-0.2, -0.15) is 0 Å². The van der Waals surface area contributed by atoms with Crippen LogP contribution < -0.4 is 10.2 Å². The normalized spacial score (nSPS) is 34.0. The molecule has 8 N–H and O–H groups in total. The first-order valence-corrected chi connectivity index (χ1v) is 12.7. The lowest BCUT2D eigenvalue weighted by Crippen LogP contribution is -2.62. The number of aromatic hydroxyl groups is 1. The summed E-state index contributed by atoms with van der Waals surface area (Å²) in [5.74, 6) is -0.346. The van der Waals surface area contributed by atoms with Crippen LogP contribution in [0.5, 0.6) is 11.5 Å². The number of phenolic OH excluding ortho intramolecular Hbond substituents is 1. The van der Waals surface area contributed by atoms with Gasteiger partial charge in [-0.3, -0.25) is 4.79 Å². The van der Waals surface area contributed by atoms with E-state index >= 15 is 0 Å². The Hall–Kier alpha value is -3.15. The summed E-state index contributed by atoms with van der Waals surface area (Å²) in [4.78, 5) is 12.7. The summed E-state index contributed by atoms with van der Waals surface area (Å²) >= 11 is 0. The third kappa shape index (κ3) is 5.80. The van der Waals surface area contributed by atoms with Gasteiger partial charge in [0, 0.05) is 23.8 Å². The summed E-state index contributed by atoms with van der Waals surface area (Å²) in [7, 11) is 0. The maximum atomic E-state index is 12.7. The van der Waals surface area contributed by atoms with Gasteiger partial charge < -0.3 is 64.2 Å². The third-order valence-electron chi connectivity index (χ3n) is 7.04. The minimum atomic E-state index is -1.78. The van der Waals surface area contributed by atoms with Gasteiger partial charge in [0.15, 0.2) is 11.7 Å². The Bertz CT molecular complexity index is 1390. The minimum Gasteiger partial charge on any atom is -0.507 e. The summed E-state index contributed by atoms with van der Waals surface area (Å²) in [6, 6.07) is 12.4. The van der Waals surface area contributed by atoms with Crippen molar-refractivity contribution >= 4 is 11.0 Å². The maximum Gasteiger partial charge on any atom is 0.229 e. The molecule has 4 unspecified atom stereocenters. The van der Waals surface area contributed by atoms with E-state index in [4.69, 9.17) is 23.4 Å². The van der Waals surface area contributed by atoms with Crippen LogP contribution in [0.3, 0.4) is 0 Å². The summed E-state index contributed by atoms with van der Waals surface area (Å²) in [5.41, 5.74) is 0.0782. The molecule has 0 saturated carbocycles. The highest BCUT2D eigenvalue weighted by Gasteiger charge is 2.48. The molecule has 0 aliphatic carbocycles. The second kappa shape index (κ2) is 12.0. The highest BCUT2D eigenvalue weighted by molar-refractivity contribution is 5.86. The number of benzene rings is 2. The fourth-order valence-corrected chi connectivity index (χ4v) is 4.74. The van der Waals surface area contributed by atoms with Gasteiger partial charge in [-0.1, -0.05) is 30.3 Å². The van der Waals surface area contributed by atoms with Gasteiger partial charge in [-0.25, -0.2) is 0 Å². The van der Waals surface area contributed by atoms with Crippen molar-refractivity contribution in [3.63, 3.8) is 0 Å². The van der Waals surface area contributed by atoms with Crippen molar-refractivity contribution in [1.82, 2.24) is 0 Å². The SMILES string of the molecule is O=c1cc(-c2ccccc2)oc2cc(O[C@@H]3OC(CO[C@@H]4OC(CO)[C@@H](O)[C@H](O)C4O)[C@@H](O)[C@H](O)C3O)cc(O)c12. The van der Waals surface area contributed by atoms with E-state index < -0.39 is 85.8 Å². The second-order valence-electron chi connectivity index (χ2n) is 9.82. The van der Waals surface area contributed by atoms with Crippen LogP contribution in [0.2, 0.25) is 0 Å². The Morgan fingerprint density at radius 1 is 0.756 bits per heavy atom. The van der Waals surface area contributed by atoms with Crippen molar-refractivity contribution in [2.75, 3.05) is 13.2 Å². The molecule has 3 heterocycles. The molecule has 5 rings (SSSR count). The molecule has 0 amide bonds.